The van der Waals surface area contributed by atoms with Crippen LogP contribution < -0.4 is 0 Å². The number of pyridine rings is 1. The molecule has 0 atom stereocenters. The summed E-state index contributed by atoms with van der Waals surface area (Å²) in [6.45, 7) is 5.58. The first-order valence-electron chi connectivity index (χ1n) is 7.98. The topological polar surface area (TPSA) is 67.9 Å². The molecule has 0 spiro atoms. The number of aromatic nitrogens is 4. The summed E-state index contributed by atoms with van der Waals surface area (Å²) in [5.41, 5.74) is 2.76. The van der Waals surface area contributed by atoms with Crippen LogP contribution in [0, 0.1) is 0 Å². The Kier molecular flexibility index (Phi) is 4.96. The second kappa shape index (κ2) is 7.31. The van der Waals surface area contributed by atoms with Gasteiger partial charge in [0.25, 0.3) is 0 Å². The largest absolute Gasteiger partial charge is 0.359 e. The zero-order valence-electron chi connectivity index (χ0n) is 14.2. The minimum absolute atomic E-state index is 0.326. The quantitative estimate of drug-likeness (QED) is 0.693. The van der Waals surface area contributed by atoms with Crippen LogP contribution in [0.3, 0.4) is 0 Å². The fraction of sp³-hybridized carbons (Fsp3) is 0.333. The maximum Gasteiger partial charge on any atom is 0.151 e. The van der Waals surface area contributed by atoms with Crippen LogP contribution in [0.15, 0.2) is 47.4 Å². The van der Waals surface area contributed by atoms with Gasteiger partial charge in [0.1, 0.15) is 11.5 Å². The molecule has 0 N–H and O–H groups in total. The summed E-state index contributed by atoms with van der Waals surface area (Å²) in [4.78, 5) is 15.1. The van der Waals surface area contributed by atoms with E-state index in [1.807, 2.05) is 37.5 Å². The lowest BCUT2D eigenvalue weighted by atomic mass is 10.2. The minimum atomic E-state index is 0.326. The van der Waals surface area contributed by atoms with Crippen LogP contribution in [0.5, 0.6) is 0 Å². The predicted molar refractivity (Wildman–Crippen MR) is 91.0 cm³/mol. The Morgan fingerprint density at radius 2 is 2.04 bits per heavy atom. The summed E-state index contributed by atoms with van der Waals surface area (Å²) >= 11 is 0. The van der Waals surface area contributed by atoms with E-state index >= 15 is 0 Å². The van der Waals surface area contributed by atoms with E-state index in [1.165, 1.54) is 0 Å². The van der Waals surface area contributed by atoms with Crippen LogP contribution in [-0.4, -0.2) is 32.1 Å². The van der Waals surface area contributed by atoms with Crippen molar-refractivity contribution < 1.29 is 4.52 Å². The molecule has 0 fully saturated rings. The molecule has 0 amide bonds. The van der Waals surface area contributed by atoms with Gasteiger partial charge < -0.3 is 4.52 Å². The summed E-state index contributed by atoms with van der Waals surface area (Å²) in [5.74, 6) is 2.01. The normalized spacial score (nSPS) is 11.4. The fourth-order valence-electron chi connectivity index (χ4n) is 2.42. The van der Waals surface area contributed by atoms with Gasteiger partial charge in [-0.15, -0.1) is 0 Å². The van der Waals surface area contributed by atoms with E-state index in [9.17, 15) is 0 Å². The molecule has 0 saturated heterocycles. The number of hydrogen-bond acceptors (Lipinski definition) is 6. The maximum absolute atomic E-state index is 5.44. The fourth-order valence-corrected chi connectivity index (χ4v) is 2.42. The Morgan fingerprint density at radius 3 is 2.79 bits per heavy atom. The van der Waals surface area contributed by atoms with Gasteiger partial charge in [0, 0.05) is 42.7 Å². The van der Waals surface area contributed by atoms with E-state index in [4.69, 9.17) is 4.52 Å². The molecule has 3 aromatic heterocycles. The molecule has 124 valence electrons. The van der Waals surface area contributed by atoms with Crippen LogP contribution >= 0.6 is 0 Å². The van der Waals surface area contributed by atoms with Crippen LogP contribution in [0.4, 0.5) is 0 Å². The Balaban J connectivity index is 1.64. The van der Waals surface area contributed by atoms with Crippen molar-refractivity contribution in [2.24, 2.45) is 0 Å². The van der Waals surface area contributed by atoms with Gasteiger partial charge in [-0.3, -0.25) is 9.88 Å². The highest BCUT2D eigenvalue weighted by molar-refractivity contribution is 5.57. The summed E-state index contributed by atoms with van der Waals surface area (Å²) in [5, 5.41) is 4.12. The molecule has 0 unspecified atom stereocenters. The van der Waals surface area contributed by atoms with Gasteiger partial charge in [-0.1, -0.05) is 19.0 Å². The third kappa shape index (κ3) is 4.02. The summed E-state index contributed by atoms with van der Waals surface area (Å²) in [6.07, 6.45) is 5.34. The van der Waals surface area contributed by atoms with E-state index in [0.717, 1.165) is 35.1 Å². The van der Waals surface area contributed by atoms with Gasteiger partial charge in [-0.05, 0) is 25.2 Å². The second-order valence-corrected chi connectivity index (χ2v) is 6.15. The zero-order valence-corrected chi connectivity index (χ0v) is 14.2. The van der Waals surface area contributed by atoms with Crippen LogP contribution in [0.2, 0.25) is 0 Å². The predicted octanol–water partition coefficient (Wildman–Crippen LogP) is 3.28. The van der Waals surface area contributed by atoms with Gasteiger partial charge in [-0.2, -0.15) is 0 Å². The summed E-state index contributed by atoms with van der Waals surface area (Å²) in [7, 11) is 2.03. The molecule has 0 aliphatic heterocycles. The van der Waals surface area contributed by atoms with E-state index in [2.05, 4.69) is 38.9 Å². The van der Waals surface area contributed by atoms with Crippen molar-refractivity contribution >= 4 is 0 Å². The Hall–Kier alpha value is -2.60. The monoisotopic (exact) mass is 323 g/mol. The number of rotatable bonds is 6. The lowest BCUT2D eigenvalue weighted by Crippen LogP contribution is -2.18. The van der Waals surface area contributed by atoms with Gasteiger partial charge in [0.2, 0.25) is 0 Å². The molecule has 0 aromatic carbocycles. The number of hydrogen-bond donors (Lipinski definition) is 0. The van der Waals surface area contributed by atoms with Gasteiger partial charge in [0.15, 0.2) is 5.76 Å². The highest BCUT2D eigenvalue weighted by atomic mass is 16.5. The molecule has 0 aliphatic rings. The van der Waals surface area contributed by atoms with Crippen LogP contribution in [0.1, 0.15) is 37.0 Å². The lowest BCUT2D eigenvalue weighted by Gasteiger charge is -2.14. The van der Waals surface area contributed by atoms with Gasteiger partial charge >= 0.3 is 0 Å². The Bertz CT molecular complexity index is 785. The standard InChI is InChI=1S/C18H21N5O/c1-13(2)18-20-8-6-15(21-18)11-23(3)12-16-9-17(22-24-16)14-5-4-7-19-10-14/h4-10,13H,11-12H2,1-3H3. The molecule has 3 rings (SSSR count). The third-order valence-electron chi connectivity index (χ3n) is 3.62. The SMILES string of the molecule is CC(C)c1nccc(CN(C)Cc2cc(-c3cccnc3)no2)n1. The maximum atomic E-state index is 5.44. The molecular weight excluding hydrogens is 302 g/mol. The average molecular weight is 323 g/mol. The van der Waals surface area contributed by atoms with Crippen molar-refractivity contribution in [1.82, 2.24) is 25.0 Å². The van der Waals surface area contributed by atoms with Gasteiger partial charge in [-0.25, -0.2) is 9.97 Å². The number of nitrogens with zero attached hydrogens (tertiary/aromatic N) is 5. The Labute approximate surface area is 141 Å². The molecule has 6 heteroatoms. The van der Waals surface area contributed by atoms with Gasteiger partial charge in [0.05, 0.1) is 12.2 Å². The van der Waals surface area contributed by atoms with E-state index in [0.29, 0.717) is 12.5 Å². The first-order chi connectivity index (χ1) is 11.6. The van der Waals surface area contributed by atoms with Crippen molar-refractivity contribution in [2.45, 2.75) is 32.9 Å². The second-order valence-electron chi connectivity index (χ2n) is 6.15. The van der Waals surface area contributed by atoms with Crippen molar-refractivity contribution in [2.75, 3.05) is 7.05 Å². The van der Waals surface area contributed by atoms with Crippen molar-refractivity contribution in [3.63, 3.8) is 0 Å². The smallest absolute Gasteiger partial charge is 0.151 e. The molecule has 24 heavy (non-hydrogen) atoms. The first-order valence-corrected chi connectivity index (χ1v) is 7.98. The van der Waals surface area contributed by atoms with E-state index in [1.54, 1.807) is 12.4 Å². The molecule has 3 aromatic rings. The molecule has 3 heterocycles. The van der Waals surface area contributed by atoms with E-state index in [-0.39, 0.29) is 0 Å². The minimum Gasteiger partial charge on any atom is -0.359 e. The molecule has 0 aliphatic carbocycles. The molecule has 0 radical (unpaired) electrons. The first kappa shape index (κ1) is 16.3. The third-order valence-corrected chi connectivity index (χ3v) is 3.62. The summed E-state index contributed by atoms with van der Waals surface area (Å²) < 4.78 is 5.44. The highest BCUT2D eigenvalue weighted by Gasteiger charge is 2.11. The van der Waals surface area contributed by atoms with Crippen molar-refractivity contribution in [3.05, 3.63) is 60.1 Å². The molecule has 0 bridgehead atoms. The lowest BCUT2D eigenvalue weighted by molar-refractivity contribution is 0.264. The van der Waals surface area contributed by atoms with Crippen molar-refractivity contribution in [3.8, 4) is 11.3 Å². The van der Waals surface area contributed by atoms with Crippen LogP contribution in [-0.2, 0) is 13.1 Å². The highest BCUT2D eigenvalue weighted by Crippen LogP contribution is 2.19. The molecular formula is C18H21N5O. The van der Waals surface area contributed by atoms with E-state index < -0.39 is 0 Å². The molecule has 0 saturated carbocycles. The average Bonchev–Trinajstić information content (AvgIpc) is 3.04. The summed E-state index contributed by atoms with van der Waals surface area (Å²) in [6, 6.07) is 7.75. The zero-order chi connectivity index (χ0) is 16.9. The van der Waals surface area contributed by atoms with Crippen LogP contribution in [0.25, 0.3) is 11.3 Å². The Morgan fingerprint density at radius 1 is 1.17 bits per heavy atom. The van der Waals surface area contributed by atoms with Crippen molar-refractivity contribution in [1.29, 1.82) is 0 Å². The molecule has 6 nitrogen and oxygen atoms in total.